The monoisotopic (exact) mass is 1020 g/mol. The molecule has 0 spiro atoms. The van der Waals surface area contributed by atoms with Gasteiger partial charge in [0.1, 0.15) is 25.0 Å². The molecule has 0 aliphatic heterocycles. The van der Waals surface area contributed by atoms with E-state index in [-0.39, 0.29) is 114 Å². The van der Waals surface area contributed by atoms with Gasteiger partial charge in [0.25, 0.3) is 0 Å². The molecule has 0 unspecified atom stereocenters. The first-order chi connectivity index (χ1) is 31.9. The largest absolute Gasteiger partial charge is 0.480 e. The third-order valence-corrected chi connectivity index (χ3v) is 12.0. The molecule has 66 heavy (non-hydrogen) atoms. The number of unbranched alkanes of at least 4 members (excludes halogenated alkanes) is 14. The predicted octanol–water partition coefficient (Wildman–Crippen LogP) is 3.60. The minimum Gasteiger partial charge on any atom is -0.480 e. The summed E-state index contributed by atoms with van der Waals surface area (Å²) in [5.41, 5.74) is 0. The number of aromatic nitrogens is 4. The lowest BCUT2D eigenvalue weighted by Crippen LogP contribution is -2.42. The van der Waals surface area contributed by atoms with Gasteiger partial charge in [-0.3, -0.25) is 28.7 Å². The number of H-pyrrole nitrogens is 1. The predicted molar refractivity (Wildman–Crippen MR) is 249 cm³/mol. The number of alkyl halides is 1. The number of nitrogens with one attached hydrogen (secondary N) is 5. The van der Waals surface area contributed by atoms with Crippen LogP contribution in [0.25, 0.3) is 0 Å². The Morgan fingerprint density at radius 1 is 0.591 bits per heavy atom. The van der Waals surface area contributed by atoms with Crippen molar-refractivity contribution < 1.29 is 61.2 Å². The third kappa shape index (κ3) is 38.5. The van der Waals surface area contributed by atoms with Gasteiger partial charge in [0, 0.05) is 45.4 Å². The highest BCUT2D eigenvalue weighted by atomic mass is 79.9. The van der Waals surface area contributed by atoms with Crippen LogP contribution in [0.5, 0.6) is 0 Å². The number of carbonyl (C=O) groups excluding carboxylic acids is 5. The Labute approximate surface area is 399 Å². The van der Waals surface area contributed by atoms with Gasteiger partial charge in [-0.1, -0.05) is 98.2 Å². The molecular formula is C43H77BrN8O13S. The summed E-state index contributed by atoms with van der Waals surface area (Å²) in [7, 11) is -3.79. The van der Waals surface area contributed by atoms with Crippen molar-refractivity contribution in [3.63, 3.8) is 0 Å². The SMILES string of the molecule is O=C(CCCOCCOCC(=O)NCCOCCOCC(=O)N[C@@H](CCCCNC(=O)CBr)C(=O)O)CCCS(=O)(=O)NC(=O)CCCCCCCCCCCCCCCCc1nn[nH]n1. The van der Waals surface area contributed by atoms with Crippen molar-refractivity contribution in [2.24, 2.45) is 0 Å². The van der Waals surface area contributed by atoms with Gasteiger partial charge < -0.3 is 40.0 Å². The smallest absolute Gasteiger partial charge is 0.326 e. The molecule has 6 N–H and O–H groups in total. The number of ether oxygens (including phenoxy) is 4. The summed E-state index contributed by atoms with van der Waals surface area (Å²) in [6.07, 6.45) is 19.3. The number of amides is 4. The van der Waals surface area contributed by atoms with Gasteiger partial charge in [0.15, 0.2) is 5.82 Å². The van der Waals surface area contributed by atoms with Gasteiger partial charge in [0.2, 0.25) is 33.7 Å². The Hall–Kier alpha value is -3.64. The van der Waals surface area contributed by atoms with E-state index in [2.05, 4.69) is 57.2 Å². The van der Waals surface area contributed by atoms with Crippen molar-refractivity contribution in [3.05, 3.63) is 5.82 Å². The maximum atomic E-state index is 12.3. The van der Waals surface area contributed by atoms with Crippen molar-refractivity contribution in [1.29, 1.82) is 0 Å². The van der Waals surface area contributed by atoms with E-state index in [0.29, 0.717) is 38.8 Å². The molecule has 1 aromatic heterocycles. The van der Waals surface area contributed by atoms with Crippen molar-refractivity contribution in [3.8, 4) is 0 Å². The highest BCUT2D eigenvalue weighted by Gasteiger charge is 2.20. The quantitative estimate of drug-likeness (QED) is 0.0402. The van der Waals surface area contributed by atoms with E-state index in [1.54, 1.807) is 0 Å². The van der Waals surface area contributed by atoms with Crippen LogP contribution in [0.1, 0.15) is 147 Å². The molecule has 0 saturated heterocycles. The normalized spacial score (nSPS) is 11.8. The number of rotatable bonds is 47. The fraction of sp³-hybridized carbons (Fsp3) is 0.837. The van der Waals surface area contributed by atoms with Crippen molar-refractivity contribution in [1.82, 2.24) is 41.3 Å². The van der Waals surface area contributed by atoms with Crippen molar-refractivity contribution in [2.45, 2.75) is 154 Å². The Morgan fingerprint density at radius 2 is 1.15 bits per heavy atom. The van der Waals surface area contributed by atoms with Crippen LogP contribution in [0, 0.1) is 0 Å². The molecular weight excluding hydrogens is 948 g/mol. The molecule has 0 bridgehead atoms. The summed E-state index contributed by atoms with van der Waals surface area (Å²) in [5, 5.41) is 31.2. The lowest BCUT2D eigenvalue weighted by Gasteiger charge is -2.14. The molecule has 380 valence electrons. The summed E-state index contributed by atoms with van der Waals surface area (Å²) in [6.45, 7) is 1.27. The third-order valence-electron chi connectivity index (χ3n) is 10.1. The van der Waals surface area contributed by atoms with Crippen molar-refractivity contribution >= 4 is 61.3 Å². The Morgan fingerprint density at radius 3 is 1.76 bits per heavy atom. The molecule has 0 saturated carbocycles. The van der Waals surface area contributed by atoms with Crippen LogP contribution < -0.4 is 20.7 Å². The molecule has 0 aromatic carbocycles. The first-order valence-electron chi connectivity index (χ1n) is 23.6. The number of aryl methyl sites for hydroxylation is 1. The Kier molecular flexibility index (Phi) is 38.0. The lowest BCUT2D eigenvalue weighted by molar-refractivity contribution is -0.142. The summed E-state index contributed by atoms with van der Waals surface area (Å²) < 4.78 is 48.0. The van der Waals surface area contributed by atoms with E-state index >= 15 is 0 Å². The average molecular weight is 1030 g/mol. The number of carbonyl (C=O) groups is 6. The van der Waals surface area contributed by atoms with E-state index in [0.717, 1.165) is 37.9 Å². The van der Waals surface area contributed by atoms with Crippen LogP contribution in [-0.2, 0) is 64.2 Å². The molecule has 23 heteroatoms. The molecule has 1 atom stereocenters. The van der Waals surface area contributed by atoms with Gasteiger partial charge in [0.05, 0.1) is 44.1 Å². The van der Waals surface area contributed by atoms with E-state index < -0.39 is 33.8 Å². The number of halogens is 1. The zero-order valence-electron chi connectivity index (χ0n) is 38.8. The number of aliphatic carboxylic acids is 1. The van der Waals surface area contributed by atoms with Crippen LogP contribution in [0.3, 0.4) is 0 Å². The maximum absolute atomic E-state index is 12.3. The lowest BCUT2D eigenvalue weighted by atomic mass is 10.0. The molecule has 4 amide bonds. The highest BCUT2D eigenvalue weighted by Crippen LogP contribution is 2.14. The van der Waals surface area contributed by atoms with E-state index in [1.165, 1.54) is 57.8 Å². The molecule has 21 nitrogen and oxygen atoms in total. The number of tetrazole rings is 1. The summed E-state index contributed by atoms with van der Waals surface area (Å²) >= 11 is 3.04. The zero-order valence-corrected chi connectivity index (χ0v) is 41.2. The first-order valence-corrected chi connectivity index (χ1v) is 26.4. The minimum atomic E-state index is -3.79. The number of carboxylic acid groups (broad SMARTS) is 1. The number of hydrogen-bond donors (Lipinski definition) is 6. The molecule has 0 aliphatic rings. The Bertz CT molecular complexity index is 1560. The fourth-order valence-corrected chi connectivity index (χ4v) is 7.81. The second kappa shape index (κ2) is 41.5. The molecule has 1 rings (SSSR count). The van der Waals surface area contributed by atoms with E-state index in [9.17, 15) is 42.3 Å². The van der Waals surface area contributed by atoms with Gasteiger partial charge in [-0.25, -0.2) is 13.2 Å². The van der Waals surface area contributed by atoms with Gasteiger partial charge in [-0.15, -0.1) is 10.2 Å². The number of aromatic amines is 1. The molecule has 1 aromatic rings. The van der Waals surface area contributed by atoms with Gasteiger partial charge in [-0.2, -0.15) is 5.21 Å². The van der Waals surface area contributed by atoms with E-state index in [4.69, 9.17) is 18.9 Å². The Balaban J connectivity index is 1.88. The molecule has 0 radical (unpaired) electrons. The molecule has 0 aliphatic carbocycles. The molecule has 0 fully saturated rings. The van der Waals surface area contributed by atoms with Crippen LogP contribution in [0.15, 0.2) is 0 Å². The summed E-state index contributed by atoms with van der Waals surface area (Å²) in [4.78, 5) is 71.0. The number of ketones is 1. The minimum absolute atomic E-state index is 0.0859. The summed E-state index contributed by atoms with van der Waals surface area (Å²) in [5.74, 6) is -2.32. The number of Topliss-reactive ketones (excluding diaryl/α,β-unsaturated/α-hetero) is 1. The number of sulfonamides is 1. The highest BCUT2D eigenvalue weighted by molar-refractivity contribution is 9.09. The first kappa shape index (κ1) is 60.4. The number of carboxylic acids is 1. The van der Waals surface area contributed by atoms with Gasteiger partial charge >= 0.3 is 5.97 Å². The fourth-order valence-electron chi connectivity index (χ4n) is 6.53. The zero-order chi connectivity index (χ0) is 48.4. The number of hydrogen-bond acceptors (Lipinski definition) is 15. The number of nitrogens with zero attached hydrogens (tertiary/aromatic N) is 3. The van der Waals surface area contributed by atoms with E-state index in [1.807, 2.05) is 0 Å². The standard InChI is InChI=1S/C43H77BrN8O13S/c44-33-40(55)45-24-16-15-21-37(43(58)59)47-42(57)35-65-31-29-63-27-25-46-41(56)34-64-30-28-62-26-17-19-36(53)20-18-32-66(60,61)50-39(54)23-14-12-10-8-6-4-2-1-3-5-7-9-11-13-22-38-48-51-52-49-38/h37H,1-35H2,(H,45,55)(H,46,56)(H,47,57)(H,50,54)(H,58,59)(H,48,49,51,52)/t37-/m0/s1. The summed E-state index contributed by atoms with van der Waals surface area (Å²) in [6, 6.07) is -1.06. The topological polar surface area (TPSA) is 296 Å². The van der Waals surface area contributed by atoms with Crippen LogP contribution in [-0.4, -0.2) is 153 Å². The van der Waals surface area contributed by atoms with Crippen molar-refractivity contribution in [2.75, 3.05) is 77.0 Å². The van der Waals surface area contributed by atoms with Crippen LogP contribution in [0.4, 0.5) is 0 Å². The maximum Gasteiger partial charge on any atom is 0.326 e. The van der Waals surface area contributed by atoms with Crippen LogP contribution >= 0.6 is 15.9 Å². The van der Waals surface area contributed by atoms with Gasteiger partial charge in [-0.05, 0) is 44.9 Å². The molecule has 1 heterocycles. The second-order valence-corrected chi connectivity index (χ2v) is 18.4. The average Bonchev–Trinajstić information content (AvgIpc) is 3.80. The second-order valence-electron chi connectivity index (χ2n) is 16.0. The van der Waals surface area contributed by atoms with Crippen LogP contribution in [0.2, 0.25) is 0 Å².